The fraction of sp³-hybridized carbons (Fsp3) is 0.444. The number of para-hydroxylation sites is 1. The number of nitrogens with one attached hydrogen (secondary N) is 2. The van der Waals surface area contributed by atoms with Gasteiger partial charge in [-0.3, -0.25) is 4.99 Å². The standard InChI is InChI=1S/C18H25FN4OS.HI/c1-4-14-12-22-17(25-14)9-10-21-18(20-3)23-11-13(2)24-16-8-6-5-7-15(16)19;/h5-8,12-13H,4,9-11H2,1-3H3,(H2,20,21,23);1H. The molecule has 144 valence electrons. The highest BCUT2D eigenvalue weighted by Gasteiger charge is 2.09. The molecule has 1 aromatic carbocycles. The first-order valence-corrected chi connectivity index (χ1v) is 9.23. The van der Waals surface area contributed by atoms with Crippen molar-refractivity contribution in [3.05, 3.63) is 46.2 Å². The highest BCUT2D eigenvalue weighted by Crippen LogP contribution is 2.16. The number of aryl methyl sites for hydroxylation is 1. The van der Waals surface area contributed by atoms with Gasteiger partial charge >= 0.3 is 0 Å². The van der Waals surface area contributed by atoms with Crippen LogP contribution in [0.4, 0.5) is 4.39 Å². The molecule has 0 aliphatic heterocycles. The summed E-state index contributed by atoms with van der Waals surface area (Å²) in [6.45, 7) is 5.28. The Morgan fingerprint density at radius 2 is 2.12 bits per heavy atom. The molecule has 2 rings (SSSR count). The number of aromatic nitrogens is 1. The summed E-state index contributed by atoms with van der Waals surface area (Å²) >= 11 is 1.75. The van der Waals surface area contributed by atoms with Crippen LogP contribution >= 0.6 is 35.3 Å². The second-order valence-electron chi connectivity index (χ2n) is 5.56. The quantitative estimate of drug-likeness (QED) is 0.336. The van der Waals surface area contributed by atoms with Crippen molar-refractivity contribution in [2.24, 2.45) is 4.99 Å². The van der Waals surface area contributed by atoms with Crippen LogP contribution in [0.15, 0.2) is 35.5 Å². The van der Waals surface area contributed by atoms with Crippen molar-refractivity contribution in [3.8, 4) is 5.75 Å². The van der Waals surface area contributed by atoms with E-state index in [1.54, 1.807) is 36.6 Å². The van der Waals surface area contributed by atoms with Crippen molar-refractivity contribution in [1.82, 2.24) is 15.6 Å². The fourth-order valence-electron chi connectivity index (χ4n) is 2.17. The molecule has 8 heteroatoms. The fourth-order valence-corrected chi connectivity index (χ4v) is 3.04. The Bertz CT molecular complexity index is 695. The van der Waals surface area contributed by atoms with Crippen LogP contribution in [-0.2, 0) is 12.8 Å². The maximum absolute atomic E-state index is 13.6. The summed E-state index contributed by atoms with van der Waals surface area (Å²) in [5.74, 6) is 0.596. The predicted octanol–water partition coefficient (Wildman–Crippen LogP) is 3.64. The number of hydrogen-bond donors (Lipinski definition) is 2. The molecule has 0 amide bonds. The van der Waals surface area contributed by atoms with Crippen LogP contribution in [0.3, 0.4) is 0 Å². The van der Waals surface area contributed by atoms with Crippen LogP contribution in [0, 0.1) is 5.82 Å². The van der Waals surface area contributed by atoms with E-state index in [9.17, 15) is 4.39 Å². The molecule has 0 radical (unpaired) electrons. The number of benzene rings is 1. The molecule has 0 fully saturated rings. The zero-order valence-electron chi connectivity index (χ0n) is 15.3. The van der Waals surface area contributed by atoms with Crippen LogP contribution in [0.25, 0.3) is 0 Å². The Morgan fingerprint density at radius 1 is 1.35 bits per heavy atom. The minimum Gasteiger partial charge on any atom is -0.486 e. The van der Waals surface area contributed by atoms with E-state index in [2.05, 4.69) is 27.5 Å². The molecular formula is C18H26FIN4OS. The highest BCUT2D eigenvalue weighted by molar-refractivity contribution is 14.0. The van der Waals surface area contributed by atoms with Crippen LogP contribution in [0.5, 0.6) is 5.75 Å². The van der Waals surface area contributed by atoms with Crippen molar-refractivity contribution in [1.29, 1.82) is 0 Å². The third kappa shape index (κ3) is 7.45. The van der Waals surface area contributed by atoms with Crippen molar-refractivity contribution in [2.45, 2.75) is 32.8 Å². The highest BCUT2D eigenvalue weighted by atomic mass is 127. The summed E-state index contributed by atoms with van der Waals surface area (Å²) < 4.78 is 19.2. The Labute approximate surface area is 175 Å². The molecule has 1 unspecified atom stereocenters. The van der Waals surface area contributed by atoms with E-state index in [0.717, 1.165) is 24.4 Å². The SMILES string of the molecule is CCc1cnc(CCNC(=NC)NCC(C)Oc2ccccc2F)s1.I. The number of ether oxygens (including phenoxy) is 1. The topological polar surface area (TPSA) is 58.5 Å². The normalized spacial score (nSPS) is 12.2. The lowest BCUT2D eigenvalue weighted by molar-refractivity contribution is 0.214. The average Bonchev–Trinajstić information content (AvgIpc) is 3.08. The Kier molecular flexibility index (Phi) is 10.5. The largest absolute Gasteiger partial charge is 0.486 e. The molecule has 1 atom stereocenters. The number of halogens is 2. The minimum atomic E-state index is -0.355. The van der Waals surface area contributed by atoms with Gasteiger partial charge in [-0.15, -0.1) is 35.3 Å². The van der Waals surface area contributed by atoms with Gasteiger partial charge in [-0.2, -0.15) is 0 Å². The second kappa shape index (κ2) is 12.1. The van der Waals surface area contributed by atoms with Crippen molar-refractivity contribution in [3.63, 3.8) is 0 Å². The first-order chi connectivity index (χ1) is 12.1. The summed E-state index contributed by atoms with van der Waals surface area (Å²) in [7, 11) is 1.72. The number of guanidine groups is 1. The Balaban J connectivity index is 0.00000338. The van der Waals surface area contributed by atoms with Gasteiger partial charge in [-0.05, 0) is 25.5 Å². The number of hydrogen-bond acceptors (Lipinski definition) is 4. The molecule has 0 saturated heterocycles. The number of aliphatic imine (C=N–C) groups is 1. The number of nitrogens with zero attached hydrogens (tertiary/aromatic N) is 2. The molecule has 0 bridgehead atoms. The average molecular weight is 492 g/mol. The zero-order chi connectivity index (χ0) is 18.1. The summed E-state index contributed by atoms with van der Waals surface area (Å²) in [4.78, 5) is 9.89. The smallest absolute Gasteiger partial charge is 0.191 e. The van der Waals surface area contributed by atoms with Crippen LogP contribution in [-0.4, -0.2) is 37.2 Å². The summed E-state index contributed by atoms with van der Waals surface area (Å²) in [5.41, 5.74) is 0. The molecule has 0 aliphatic rings. The lowest BCUT2D eigenvalue weighted by Gasteiger charge is -2.18. The van der Waals surface area contributed by atoms with Crippen LogP contribution < -0.4 is 15.4 Å². The predicted molar refractivity (Wildman–Crippen MR) is 116 cm³/mol. The van der Waals surface area contributed by atoms with Gasteiger partial charge in [-0.1, -0.05) is 19.1 Å². The number of thiazole rings is 1. The lowest BCUT2D eigenvalue weighted by atomic mass is 10.3. The summed E-state index contributed by atoms with van der Waals surface area (Å²) in [6, 6.07) is 6.40. The zero-order valence-corrected chi connectivity index (χ0v) is 18.4. The van der Waals surface area contributed by atoms with E-state index >= 15 is 0 Å². The molecule has 0 aliphatic carbocycles. The lowest BCUT2D eigenvalue weighted by Crippen LogP contribution is -2.42. The Hall–Kier alpha value is -1.42. The van der Waals surface area contributed by atoms with E-state index in [4.69, 9.17) is 4.74 Å². The molecule has 0 saturated carbocycles. The van der Waals surface area contributed by atoms with Gasteiger partial charge in [0.15, 0.2) is 17.5 Å². The van der Waals surface area contributed by atoms with E-state index < -0.39 is 0 Å². The first-order valence-electron chi connectivity index (χ1n) is 8.41. The third-order valence-corrected chi connectivity index (χ3v) is 4.73. The van der Waals surface area contributed by atoms with Crippen LogP contribution in [0.2, 0.25) is 0 Å². The van der Waals surface area contributed by atoms with Gasteiger partial charge in [0.1, 0.15) is 6.10 Å². The van der Waals surface area contributed by atoms with Gasteiger partial charge in [0.2, 0.25) is 0 Å². The summed E-state index contributed by atoms with van der Waals surface area (Å²) in [6.07, 6.45) is 3.62. The van der Waals surface area contributed by atoms with Gasteiger partial charge in [0.05, 0.1) is 11.6 Å². The van der Waals surface area contributed by atoms with E-state index in [-0.39, 0.29) is 41.6 Å². The third-order valence-electron chi connectivity index (χ3n) is 3.53. The van der Waals surface area contributed by atoms with E-state index in [1.165, 1.54) is 10.9 Å². The van der Waals surface area contributed by atoms with Crippen molar-refractivity contribution < 1.29 is 9.13 Å². The van der Waals surface area contributed by atoms with Crippen molar-refractivity contribution in [2.75, 3.05) is 20.1 Å². The van der Waals surface area contributed by atoms with Gasteiger partial charge < -0.3 is 15.4 Å². The number of rotatable bonds is 8. The molecule has 5 nitrogen and oxygen atoms in total. The van der Waals surface area contributed by atoms with Gasteiger partial charge in [0, 0.05) is 31.1 Å². The second-order valence-corrected chi connectivity index (χ2v) is 6.76. The van der Waals surface area contributed by atoms with E-state index in [1.807, 2.05) is 13.1 Å². The molecular weight excluding hydrogens is 466 g/mol. The minimum absolute atomic E-state index is 0. The molecule has 2 N–H and O–H groups in total. The van der Waals surface area contributed by atoms with Gasteiger partial charge in [-0.25, -0.2) is 9.37 Å². The van der Waals surface area contributed by atoms with E-state index in [0.29, 0.717) is 12.5 Å². The maximum Gasteiger partial charge on any atom is 0.191 e. The molecule has 0 spiro atoms. The first kappa shape index (κ1) is 22.6. The maximum atomic E-state index is 13.6. The molecule has 1 heterocycles. The molecule has 26 heavy (non-hydrogen) atoms. The molecule has 2 aromatic rings. The summed E-state index contributed by atoms with van der Waals surface area (Å²) in [5, 5.41) is 7.56. The molecule has 1 aromatic heterocycles. The van der Waals surface area contributed by atoms with Gasteiger partial charge in [0.25, 0.3) is 0 Å². The van der Waals surface area contributed by atoms with Crippen LogP contribution in [0.1, 0.15) is 23.7 Å². The van der Waals surface area contributed by atoms with Crippen molar-refractivity contribution >= 4 is 41.3 Å². The monoisotopic (exact) mass is 492 g/mol. The Morgan fingerprint density at radius 3 is 2.77 bits per heavy atom.